The molecule has 0 saturated heterocycles. The van der Waals surface area contributed by atoms with Gasteiger partial charge in [0.2, 0.25) is 22.3 Å². The molecule has 9 heteroatoms. The number of carbonyl (C=O) groups excluding carboxylic acids is 1. The van der Waals surface area contributed by atoms with Crippen LogP contribution >= 0.6 is 0 Å². The van der Waals surface area contributed by atoms with Crippen LogP contribution < -0.4 is 10.5 Å². The van der Waals surface area contributed by atoms with Crippen LogP contribution in [0.25, 0.3) is 11.5 Å². The van der Waals surface area contributed by atoms with Gasteiger partial charge in [-0.3, -0.25) is 4.79 Å². The molecule has 24 heavy (non-hydrogen) atoms. The normalized spacial score (nSPS) is 11.2. The fourth-order valence-electron chi connectivity index (χ4n) is 2.02. The molecule has 3 aromatic rings. The van der Waals surface area contributed by atoms with Crippen LogP contribution in [0.2, 0.25) is 0 Å². The van der Waals surface area contributed by atoms with E-state index < -0.39 is 15.9 Å². The van der Waals surface area contributed by atoms with Crippen molar-refractivity contribution in [1.82, 2.24) is 10.2 Å². The summed E-state index contributed by atoms with van der Waals surface area (Å²) in [6.07, 6.45) is 1.22. The molecule has 0 saturated carbocycles. The van der Waals surface area contributed by atoms with Gasteiger partial charge in [-0.1, -0.05) is 6.07 Å². The second-order valence-electron chi connectivity index (χ2n) is 4.85. The van der Waals surface area contributed by atoms with Gasteiger partial charge in [0.05, 0.1) is 4.90 Å². The SMILES string of the molecule is NS(=O)(=O)c1cccc(NC(=O)c2ccc(-c3nnco3)cc2)c1. The third-order valence-corrected chi connectivity index (χ3v) is 4.09. The third kappa shape index (κ3) is 3.47. The zero-order valence-electron chi connectivity index (χ0n) is 12.2. The fraction of sp³-hybridized carbons (Fsp3) is 0. The number of nitrogens with two attached hydrogens (primary N) is 1. The van der Waals surface area contributed by atoms with Crippen LogP contribution in [0, 0.1) is 0 Å². The van der Waals surface area contributed by atoms with Crippen LogP contribution in [-0.2, 0) is 10.0 Å². The van der Waals surface area contributed by atoms with Crippen molar-refractivity contribution in [3.05, 3.63) is 60.5 Å². The van der Waals surface area contributed by atoms with Crippen molar-refractivity contribution in [2.24, 2.45) is 5.14 Å². The molecule has 1 heterocycles. The molecule has 0 unspecified atom stereocenters. The van der Waals surface area contributed by atoms with E-state index in [2.05, 4.69) is 15.5 Å². The van der Waals surface area contributed by atoms with Crippen LogP contribution in [-0.4, -0.2) is 24.5 Å². The Bertz CT molecular complexity index is 967. The Morgan fingerprint density at radius 2 is 1.88 bits per heavy atom. The van der Waals surface area contributed by atoms with Gasteiger partial charge in [-0.15, -0.1) is 10.2 Å². The summed E-state index contributed by atoms with van der Waals surface area (Å²) in [4.78, 5) is 12.2. The van der Waals surface area contributed by atoms with E-state index in [4.69, 9.17) is 9.56 Å². The number of rotatable bonds is 4. The molecule has 0 spiro atoms. The van der Waals surface area contributed by atoms with Crippen molar-refractivity contribution in [3.63, 3.8) is 0 Å². The number of sulfonamides is 1. The van der Waals surface area contributed by atoms with Crippen LogP contribution in [0.3, 0.4) is 0 Å². The quantitative estimate of drug-likeness (QED) is 0.740. The standard InChI is InChI=1S/C15H12N4O4S/c16-24(21,22)13-3-1-2-12(8-13)18-14(20)10-4-6-11(7-5-10)15-19-17-9-23-15/h1-9H,(H,18,20)(H2,16,21,22). The number of primary sulfonamides is 1. The summed E-state index contributed by atoms with van der Waals surface area (Å²) in [5, 5.41) is 15.0. The maximum Gasteiger partial charge on any atom is 0.255 e. The Morgan fingerprint density at radius 1 is 1.12 bits per heavy atom. The molecule has 2 aromatic carbocycles. The molecule has 3 N–H and O–H groups in total. The lowest BCUT2D eigenvalue weighted by Gasteiger charge is -2.07. The van der Waals surface area contributed by atoms with Gasteiger partial charge in [0, 0.05) is 16.8 Å². The zero-order chi connectivity index (χ0) is 17.2. The molecular formula is C15H12N4O4S. The first kappa shape index (κ1) is 15.8. The Hall–Kier alpha value is -3.04. The molecule has 8 nitrogen and oxygen atoms in total. The molecular weight excluding hydrogens is 332 g/mol. The summed E-state index contributed by atoms with van der Waals surface area (Å²) in [5.74, 6) is -0.0403. The molecule has 0 aliphatic carbocycles. The average molecular weight is 344 g/mol. The number of carbonyl (C=O) groups is 1. The van der Waals surface area contributed by atoms with Gasteiger partial charge >= 0.3 is 0 Å². The smallest absolute Gasteiger partial charge is 0.255 e. The Balaban J connectivity index is 1.78. The maximum atomic E-state index is 12.2. The van der Waals surface area contributed by atoms with Gasteiger partial charge in [-0.2, -0.15) is 0 Å². The summed E-state index contributed by atoms with van der Waals surface area (Å²) in [7, 11) is -3.83. The number of nitrogens with zero attached hydrogens (tertiary/aromatic N) is 2. The first-order valence-corrected chi connectivity index (χ1v) is 8.29. The Kier molecular flexibility index (Phi) is 4.11. The van der Waals surface area contributed by atoms with E-state index in [0.717, 1.165) is 0 Å². The van der Waals surface area contributed by atoms with Crippen molar-refractivity contribution < 1.29 is 17.6 Å². The van der Waals surface area contributed by atoms with Crippen molar-refractivity contribution in [2.45, 2.75) is 4.90 Å². The van der Waals surface area contributed by atoms with Crippen molar-refractivity contribution in [1.29, 1.82) is 0 Å². The molecule has 3 rings (SSSR count). The topological polar surface area (TPSA) is 128 Å². The van der Waals surface area contributed by atoms with Crippen molar-refractivity contribution in [2.75, 3.05) is 5.32 Å². The van der Waals surface area contributed by atoms with Gasteiger partial charge in [0.15, 0.2) is 0 Å². The highest BCUT2D eigenvalue weighted by Gasteiger charge is 2.11. The van der Waals surface area contributed by atoms with Crippen molar-refractivity contribution in [3.8, 4) is 11.5 Å². The first-order chi connectivity index (χ1) is 11.4. The molecule has 122 valence electrons. The number of hydrogen-bond donors (Lipinski definition) is 2. The highest BCUT2D eigenvalue weighted by Crippen LogP contribution is 2.18. The minimum absolute atomic E-state index is 0.0768. The lowest BCUT2D eigenvalue weighted by molar-refractivity contribution is 0.102. The predicted molar refractivity (Wildman–Crippen MR) is 85.5 cm³/mol. The number of aromatic nitrogens is 2. The van der Waals surface area contributed by atoms with Gasteiger partial charge in [-0.25, -0.2) is 13.6 Å². The minimum Gasteiger partial charge on any atom is -0.423 e. The van der Waals surface area contributed by atoms with Gasteiger partial charge in [0.25, 0.3) is 5.91 Å². The van der Waals surface area contributed by atoms with E-state index in [1.165, 1.54) is 24.6 Å². The predicted octanol–water partition coefficient (Wildman–Crippen LogP) is 1.64. The van der Waals surface area contributed by atoms with E-state index in [9.17, 15) is 13.2 Å². The monoisotopic (exact) mass is 344 g/mol. The number of benzene rings is 2. The summed E-state index contributed by atoms with van der Waals surface area (Å²) in [6.45, 7) is 0. The van der Waals surface area contributed by atoms with E-state index in [-0.39, 0.29) is 4.90 Å². The molecule has 0 aliphatic rings. The lowest BCUT2D eigenvalue weighted by Crippen LogP contribution is -2.14. The highest BCUT2D eigenvalue weighted by atomic mass is 32.2. The van der Waals surface area contributed by atoms with Gasteiger partial charge < -0.3 is 9.73 Å². The first-order valence-electron chi connectivity index (χ1n) is 6.74. The molecule has 1 amide bonds. The van der Waals surface area contributed by atoms with E-state index in [1.54, 1.807) is 30.3 Å². The average Bonchev–Trinajstić information content (AvgIpc) is 3.09. The number of anilines is 1. The van der Waals surface area contributed by atoms with Gasteiger partial charge in [0.1, 0.15) is 0 Å². The van der Waals surface area contributed by atoms with Crippen molar-refractivity contribution >= 4 is 21.6 Å². The second kappa shape index (κ2) is 6.22. The van der Waals surface area contributed by atoms with Crippen LogP contribution in [0.15, 0.2) is 64.2 Å². The molecule has 0 fully saturated rings. The third-order valence-electron chi connectivity index (χ3n) is 3.17. The van der Waals surface area contributed by atoms with Gasteiger partial charge in [-0.05, 0) is 42.5 Å². The molecule has 0 aliphatic heterocycles. The van der Waals surface area contributed by atoms with Crippen LogP contribution in [0.5, 0.6) is 0 Å². The fourth-order valence-corrected chi connectivity index (χ4v) is 2.58. The largest absolute Gasteiger partial charge is 0.423 e. The molecule has 0 bridgehead atoms. The van der Waals surface area contributed by atoms with Crippen LogP contribution in [0.1, 0.15) is 10.4 Å². The lowest BCUT2D eigenvalue weighted by atomic mass is 10.1. The van der Waals surface area contributed by atoms with E-state index in [0.29, 0.717) is 22.7 Å². The summed E-state index contributed by atoms with van der Waals surface area (Å²) in [5.41, 5.74) is 1.40. The number of nitrogens with one attached hydrogen (secondary N) is 1. The second-order valence-corrected chi connectivity index (χ2v) is 6.41. The van der Waals surface area contributed by atoms with E-state index in [1.807, 2.05) is 0 Å². The molecule has 0 atom stereocenters. The zero-order valence-corrected chi connectivity index (χ0v) is 13.0. The summed E-state index contributed by atoms with van der Waals surface area (Å²) in [6, 6.07) is 12.2. The Morgan fingerprint density at radius 3 is 2.50 bits per heavy atom. The summed E-state index contributed by atoms with van der Waals surface area (Å²) >= 11 is 0. The number of hydrogen-bond acceptors (Lipinski definition) is 6. The van der Waals surface area contributed by atoms with E-state index >= 15 is 0 Å². The number of amides is 1. The Labute approximate surface area is 137 Å². The molecule has 1 aromatic heterocycles. The maximum absolute atomic E-state index is 12.2. The molecule has 0 radical (unpaired) electrons. The highest BCUT2D eigenvalue weighted by molar-refractivity contribution is 7.89. The minimum atomic E-state index is -3.83. The van der Waals surface area contributed by atoms with Crippen LogP contribution in [0.4, 0.5) is 5.69 Å². The summed E-state index contributed by atoms with van der Waals surface area (Å²) < 4.78 is 27.7.